The van der Waals surface area contributed by atoms with Gasteiger partial charge in [0.1, 0.15) is 17.4 Å². The Morgan fingerprint density at radius 1 is 1.06 bits per heavy atom. The highest BCUT2D eigenvalue weighted by atomic mass is 32.2. The summed E-state index contributed by atoms with van der Waals surface area (Å²) in [6.45, 7) is 3.11. The Kier molecular flexibility index (Phi) is 9.06. The minimum Gasteiger partial charge on any atom is -0.497 e. The maximum absolute atomic E-state index is 15.8. The molecule has 2 aliphatic rings. The molecule has 6 aromatic rings. The van der Waals surface area contributed by atoms with Crippen molar-refractivity contribution in [3.05, 3.63) is 95.8 Å². The Morgan fingerprint density at radius 2 is 1.87 bits per heavy atom. The third-order valence-electron chi connectivity index (χ3n) is 9.81. The van der Waals surface area contributed by atoms with Crippen molar-refractivity contribution in [1.29, 1.82) is 0 Å². The van der Waals surface area contributed by atoms with Crippen LogP contribution in [0.2, 0.25) is 0 Å². The average molecular weight is 738 g/mol. The molecule has 1 atom stereocenters. The first-order chi connectivity index (χ1) is 25.6. The molecule has 274 valence electrons. The number of hydrogen-bond donors (Lipinski definition) is 0. The lowest BCUT2D eigenvalue weighted by Gasteiger charge is -2.28. The summed E-state index contributed by atoms with van der Waals surface area (Å²) in [5.74, 6) is 1.66. The van der Waals surface area contributed by atoms with Crippen molar-refractivity contribution >= 4 is 38.8 Å². The van der Waals surface area contributed by atoms with Crippen LogP contribution in [0.4, 0.5) is 27.7 Å². The third kappa shape index (κ3) is 6.81. The van der Waals surface area contributed by atoms with Crippen LogP contribution in [-0.2, 0) is 21.1 Å². The highest BCUT2D eigenvalue weighted by Crippen LogP contribution is 2.50. The molecule has 0 radical (unpaired) electrons. The van der Waals surface area contributed by atoms with Crippen molar-refractivity contribution in [1.82, 2.24) is 34.3 Å². The van der Waals surface area contributed by atoms with Crippen LogP contribution in [-0.4, -0.2) is 69.8 Å². The molecule has 1 saturated heterocycles. The van der Waals surface area contributed by atoms with E-state index < -0.39 is 15.7 Å². The maximum atomic E-state index is 15.8. The Hall–Kier alpha value is -5.41. The predicted octanol–water partition coefficient (Wildman–Crippen LogP) is 6.93. The molecule has 1 aliphatic heterocycles. The van der Waals surface area contributed by atoms with E-state index in [0.717, 1.165) is 67.0 Å². The molecule has 0 bridgehead atoms. The molecule has 2 fully saturated rings. The van der Waals surface area contributed by atoms with Crippen molar-refractivity contribution in [3.8, 4) is 17.0 Å². The number of rotatable bonds is 11. The first-order valence-electron chi connectivity index (χ1n) is 17.6. The first-order valence-corrected chi connectivity index (χ1v) is 19.5. The number of methoxy groups -OCH3 is 1. The number of sulfone groups is 1. The monoisotopic (exact) mass is 737 g/mol. The highest BCUT2D eigenvalue weighted by molar-refractivity contribution is 7.90. The Labute approximate surface area is 307 Å². The van der Waals surface area contributed by atoms with E-state index >= 15 is 4.39 Å². The van der Waals surface area contributed by atoms with Gasteiger partial charge in [-0.25, -0.2) is 32.0 Å². The number of fused-ring (bicyclic) bond motifs is 1. The van der Waals surface area contributed by atoms with Gasteiger partial charge in [-0.15, -0.1) is 0 Å². The van der Waals surface area contributed by atoms with Crippen molar-refractivity contribution in [2.75, 3.05) is 36.8 Å². The zero-order valence-corrected chi connectivity index (χ0v) is 30.8. The quantitative estimate of drug-likeness (QED) is 0.137. The lowest BCUT2D eigenvalue weighted by Crippen LogP contribution is -2.24. The normalized spacial score (nSPS) is 16.2. The molecular weight excluding hydrogens is 698 g/mol. The molecule has 13 nitrogen and oxygen atoms in total. The van der Waals surface area contributed by atoms with Gasteiger partial charge in [0.15, 0.2) is 27.5 Å². The molecule has 0 spiro atoms. The van der Waals surface area contributed by atoms with Crippen molar-refractivity contribution < 1.29 is 22.3 Å². The summed E-state index contributed by atoms with van der Waals surface area (Å²) < 4.78 is 55.5. The van der Waals surface area contributed by atoms with Gasteiger partial charge in [0, 0.05) is 49.6 Å². The summed E-state index contributed by atoms with van der Waals surface area (Å²) in [6, 6.07) is 15.6. The van der Waals surface area contributed by atoms with Crippen LogP contribution in [0, 0.1) is 12.7 Å². The minimum absolute atomic E-state index is 0.114. The number of halogens is 1. The van der Waals surface area contributed by atoms with Gasteiger partial charge in [0.05, 0.1) is 41.7 Å². The van der Waals surface area contributed by atoms with Crippen molar-refractivity contribution in [3.63, 3.8) is 0 Å². The van der Waals surface area contributed by atoms with Crippen molar-refractivity contribution in [2.45, 2.75) is 62.6 Å². The fourth-order valence-corrected chi connectivity index (χ4v) is 7.47. The van der Waals surface area contributed by atoms with Gasteiger partial charge < -0.3 is 19.3 Å². The summed E-state index contributed by atoms with van der Waals surface area (Å²) in [5, 5.41) is 9.74. The average Bonchev–Trinajstić information content (AvgIpc) is 3.80. The molecule has 1 saturated carbocycles. The van der Waals surface area contributed by atoms with Gasteiger partial charge in [-0.1, -0.05) is 12.1 Å². The molecule has 2 aromatic carbocycles. The summed E-state index contributed by atoms with van der Waals surface area (Å²) in [4.78, 5) is 18.5. The van der Waals surface area contributed by atoms with E-state index in [9.17, 15) is 8.42 Å². The molecule has 15 heteroatoms. The highest BCUT2D eigenvalue weighted by Gasteiger charge is 2.36. The smallest absolute Gasteiger partial charge is 0.232 e. The number of hydrogen-bond acceptors (Lipinski definition) is 11. The first kappa shape index (κ1) is 34.7. The number of aromatic nitrogens is 7. The molecule has 8 rings (SSSR count). The van der Waals surface area contributed by atoms with E-state index in [2.05, 4.69) is 15.0 Å². The van der Waals surface area contributed by atoms with Gasteiger partial charge >= 0.3 is 0 Å². The van der Waals surface area contributed by atoms with Crippen LogP contribution in [0.15, 0.2) is 78.1 Å². The van der Waals surface area contributed by atoms with Gasteiger partial charge in [0.25, 0.3) is 0 Å². The largest absolute Gasteiger partial charge is 0.497 e. The van der Waals surface area contributed by atoms with Crippen LogP contribution in [0.25, 0.3) is 16.9 Å². The topological polar surface area (TPSA) is 133 Å². The molecular formula is C38H40FN9O4S. The van der Waals surface area contributed by atoms with E-state index in [1.807, 2.05) is 54.2 Å². The minimum atomic E-state index is -3.63. The third-order valence-corrected chi connectivity index (χ3v) is 10.9. The van der Waals surface area contributed by atoms with Gasteiger partial charge in [-0.05, 0) is 86.9 Å². The Bertz CT molecular complexity index is 2400. The lowest BCUT2D eigenvalue weighted by molar-refractivity contribution is -0.0405. The van der Waals surface area contributed by atoms with E-state index in [-0.39, 0.29) is 28.7 Å². The van der Waals surface area contributed by atoms with E-state index in [0.29, 0.717) is 41.7 Å². The summed E-state index contributed by atoms with van der Waals surface area (Å²) in [5.41, 5.74) is 4.93. The van der Waals surface area contributed by atoms with Crippen LogP contribution < -0.4 is 14.5 Å². The summed E-state index contributed by atoms with van der Waals surface area (Å²) >= 11 is 0. The second-order valence-electron chi connectivity index (χ2n) is 13.6. The standard InChI is InChI=1S/C38H40FN9O4S/c1-24-20-32(44-48(24)33-8-5-6-19-52-33)46(23-25-9-13-27(51-3)14-10-25)37-34(26-11-12-26)35(29-22-41-47-18-7-17-40-36(29)47)42-38(43-37)45(2)31-16-15-28(21-30(31)39)53(4,49)50/h7,9-10,13-18,20-22,26,33H,5-6,8,11-12,19,23H2,1-4H3. The second-order valence-corrected chi connectivity index (χ2v) is 15.6. The molecule has 0 N–H and O–H groups in total. The Balaban J connectivity index is 1.35. The van der Waals surface area contributed by atoms with E-state index in [1.54, 1.807) is 31.1 Å². The second kappa shape index (κ2) is 13.9. The van der Waals surface area contributed by atoms with Gasteiger partial charge in [0.2, 0.25) is 5.95 Å². The fraction of sp³-hybridized carbons (Fsp3) is 0.342. The lowest BCUT2D eigenvalue weighted by atomic mass is 10.0. The van der Waals surface area contributed by atoms with E-state index in [4.69, 9.17) is 24.5 Å². The summed E-state index contributed by atoms with van der Waals surface area (Å²) in [6.07, 6.45) is 11.0. The molecule has 1 aliphatic carbocycles. The van der Waals surface area contributed by atoms with Crippen LogP contribution in [0.1, 0.15) is 61.1 Å². The molecule has 1 unspecified atom stereocenters. The number of anilines is 4. The zero-order valence-electron chi connectivity index (χ0n) is 30.0. The molecule has 53 heavy (non-hydrogen) atoms. The Morgan fingerprint density at radius 3 is 2.57 bits per heavy atom. The van der Waals surface area contributed by atoms with E-state index in [1.165, 1.54) is 17.0 Å². The fourth-order valence-electron chi connectivity index (χ4n) is 6.84. The number of aryl methyl sites for hydroxylation is 1. The van der Waals surface area contributed by atoms with Crippen LogP contribution in [0.5, 0.6) is 5.75 Å². The number of ether oxygens (including phenoxy) is 2. The van der Waals surface area contributed by atoms with Gasteiger partial charge in [-0.3, -0.25) is 0 Å². The summed E-state index contributed by atoms with van der Waals surface area (Å²) in [7, 11) is -0.324. The predicted molar refractivity (Wildman–Crippen MR) is 198 cm³/mol. The number of benzene rings is 2. The maximum Gasteiger partial charge on any atom is 0.232 e. The zero-order chi connectivity index (χ0) is 36.9. The molecule has 4 aromatic heterocycles. The van der Waals surface area contributed by atoms with Crippen molar-refractivity contribution in [2.24, 2.45) is 0 Å². The van der Waals surface area contributed by atoms with Crippen LogP contribution >= 0.6 is 0 Å². The van der Waals surface area contributed by atoms with Crippen LogP contribution in [0.3, 0.4) is 0 Å². The molecule has 0 amide bonds. The SMILES string of the molecule is COc1ccc(CN(c2cc(C)n(C3CCCCO3)n2)c2nc(N(C)c3ccc(S(C)(=O)=O)cc3F)nc(-c3cnn4cccnc34)c2C2CC2)cc1. The number of nitrogens with zero attached hydrogens (tertiary/aromatic N) is 9. The van der Waals surface area contributed by atoms with Gasteiger partial charge in [-0.2, -0.15) is 15.2 Å². The molecule has 5 heterocycles.